The molecule has 5 heteroatoms. The summed E-state index contributed by atoms with van der Waals surface area (Å²) in [7, 11) is 3.56. The van der Waals surface area contributed by atoms with Crippen LogP contribution in [0.25, 0.3) is 0 Å². The Morgan fingerprint density at radius 1 is 1.53 bits per heavy atom. The summed E-state index contributed by atoms with van der Waals surface area (Å²) in [4.78, 5) is 24.8. The summed E-state index contributed by atoms with van der Waals surface area (Å²) in [5.41, 5.74) is 0. The number of carbonyl (C=O) groups excluding carboxylic acids is 2. The maximum absolute atomic E-state index is 11.8. The Hall–Kier alpha value is -0.610. The smallest absolute Gasteiger partial charge is 0.234 e. The average molecular weight is 235 g/mol. The Bertz CT molecular complexity index is 258. The predicted molar refractivity (Wildman–Crippen MR) is 61.1 cm³/mol. The van der Waals surface area contributed by atoms with Crippen molar-refractivity contribution in [1.82, 2.24) is 10.2 Å². The van der Waals surface area contributed by atoms with Crippen LogP contribution < -0.4 is 5.32 Å². The number of nitrogens with one attached hydrogen (secondary N) is 1. The van der Waals surface area contributed by atoms with Crippen molar-refractivity contribution in [3.8, 4) is 0 Å². The Balaban J connectivity index is 0.00000196. The van der Waals surface area contributed by atoms with Crippen LogP contribution in [0.15, 0.2) is 0 Å². The lowest BCUT2D eigenvalue weighted by atomic mass is 9.85. The number of halogens is 1. The van der Waals surface area contributed by atoms with Crippen molar-refractivity contribution in [2.45, 2.75) is 32.4 Å². The molecular formula is C10H19ClN2O2. The lowest BCUT2D eigenvalue weighted by Crippen LogP contribution is -2.56. The van der Waals surface area contributed by atoms with Crippen molar-refractivity contribution in [2.24, 2.45) is 5.92 Å². The van der Waals surface area contributed by atoms with Crippen LogP contribution >= 0.6 is 12.4 Å². The molecule has 1 heterocycles. The Labute approximate surface area is 96.8 Å². The predicted octanol–water partition coefficient (Wildman–Crippen LogP) is 0.452. The van der Waals surface area contributed by atoms with Crippen LogP contribution in [-0.4, -0.2) is 42.8 Å². The molecule has 3 atom stereocenters. The first-order chi connectivity index (χ1) is 6.49. The summed E-state index contributed by atoms with van der Waals surface area (Å²) in [6, 6.07) is 0.196. The van der Waals surface area contributed by atoms with Gasteiger partial charge in [-0.15, -0.1) is 12.4 Å². The van der Waals surface area contributed by atoms with Gasteiger partial charge < -0.3 is 10.2 Å². The first-order valence-electron chi connectivity index (χ1n) is 4.93. The molecule has 0 bridgehead atoms. The van der Waals surface area contributed by atoms with Crippen LogP contribution in [0.3, 0.4) is 0 Å². The molecule has 3 unspecified atom stereocenters. The van der Waals surface area contributed by atoms with E-state index in [1.165, 1.54) is 6.92 Å². The molecule has 0 aromatic rings. The number of amides is 1. The van der Waals surface area contributed by atoms with E-state index < -0.39 is 5.92 Å². The number of hydrogen-bond donors (Lipinski definition) is 1. The van der Waals surface area contributed by atoms with Gasteiger partial charge in [-0.25, -0.2) is 0 Å². The monoisotopic (exact) mass is 234 g/mol. The zero-order chi connectivity index (χ0) is 10.9. The number of ketones is 1. The lowest BCUT2D eigenvalue weighted by molar-refractivity contribution is -0.146. The molecule has 1 saturated heterocycles. The van der Waals surface area contributed by atoms with Gasteiger partial charge in [0.2, 0.25) is 5.91 Å². The van der Waals surface area contributed by atoms with Crippen LogP contribution in [0.5, 0.6) is 0 Å². The quantitative estimate of drug-likeness (QED) is 0.706. The van der Waals surface area contributed by atoms with E-state index in [9.17, 15) is 9.59 Å². The molecular weight excluding hydrogens is 216 g/mol. The van der Waals surface area contributed by atoms with E-state index in [4.69, 9.17) is 0 Å². The number of rotatable bonds is 2. The van der Waals surface area contributed by atoms with E-state index in [1.54, 1.807) is 19.0 Å². The van der Waals surface area contributed by atoms with Gasteiger partial charge in [0.05, 0.1) is 0 Å². The highest BCUT2D eigenvalue weighted by Gasteiger charge is 2.40. The molecule has 0 aromatic heterocycles. The van der Waals surface area contributed by atoms with Crippen molar-refractivity contribution < 1.29 is 9.59 Å². The summed E-state index contributed by atoms with van der Waals surface area (Å²) in [5.74, 6) is -0.607. The Morgan fingerprint density at radius 3 is 2.47 bits per heavy atom. The van der Waals surface area contributed by atoms with Crippen LogP contribution in [0.2, 0.25) is 0 Å². The average Bonchev–Trinajstić information content (AvgIpc) is 2.12. The molecule has 1 amide bonds. The van der Waals surface area contributed by atoms with Gasteiger partial charge in [-0.1, -0.05) is 0 Å². The number of piperidine rings is 1. The highest BCUT2D eigenvalue weighted by molar-refractivity contribution is 6.01. The minimum absolute atomic E-state index is 0. The second-order valence-electron chi connectivity index (χ2n) is 4.02. The van der Waals surface area contributed by atoms with Crippen molar-refractivity contribution in [3.05, 3.63) is 0 Å². The molecule has 0 saturated carbocycles. The number of Topliss-reactive ketones (excluding diaryl/α,β-unsaturated/α-hetero) is 1. The van der Waals surface area contributed by atoms with Gasteiger partial charge in [0.1, 0.15) is 11.7 Å². The van der Waals surface area contributed by atoms with Crippen molar-refractivity contribution in [1.29, 1.82) is 0 Å². The van der Waals surface area contributed by atoms with Gasteiger partial charge in [0, 0.05) is 19.1 Å². The van der Waals surface area contributed by atoms with E-state index >= 15 is 0 Å². The molecule has 1 fully saturated rings. The SMILES string of the molecule is CNC1CC(C)N(C)C(=O)C1C(C)=O.Cl. The van der Waals surface area contributed by atoms with Crippen LogP contribution in [0, 0.1) is 5.92 Å². The van der Waals surface area contributed by atoms with Crippen molar-refractivity contribution in [2.75, 3.05) is 14.1 Å². The van der Waals surface area contributed by atoms with Crippen molar-refractivity contribution >= 4 is 24.1 Å². The Morgan fingerprint density at radius 2 is 2.07 bits per heavy atom. The molecule has 1 aliphatic heterocycles. The van der Waals surface area contributed by atoms with Crippen molar-refractivity contribution in [3.63, 3.8) is 0 Å². The minimum atomic E-state index is -0.499. The van der Waals surface area contributed by atoms with Crippen LogP contribution in [-0.2, 0) is 9.59 Å². The highest BCUT2D eigenvalue weighted by Crippen LogP contribution is 2.22. The molecule has 0 aliphatic carbocycles. The maximum atomic E-state index is 11.8. The van der Waals surface area contributed by atoms with Crippen LogP contribution in [0.4, 0.5) is 0 Å². The topological polar surface area (TPSA) is 49.4 Å². The van der Waals surface area contributed by atoms with E-state index in [2.05, 4.69) is 5.32 Å². The number of likely N-dealkylation sites (tertiary alicyclic amines) is 1. The Kier molecular flexibility index (Phi) is 5.24. The molecule has 4 nitrogen and oxygen atoms in total. The molecule has 0 radical (unpaired) electrons. The van der Waals surface area contributed by atoms with Gasteiger partial charge in [0.15, 0.2) is 0 Å². The van der Waals surface area contributed by atoms with E-state index in [0.29, 0.717) is 0 Å². The standard InChI is InChI=1S/C10H18N2O2.ClH/c1-6-5-8(11-3)9(7(2)13)10(14)12(6)4;/h6,8-9,11H,5H2,1-4H3;1H. The minimum Gasteiger partial charge on any atom is -0.342 e. The van der Waals surface area contributed by atoms with Gasteiger partial charge >= 0.3 is 0 Å². The summed E-state index contributed by atoms with van der Waals surface area (Å²) >= 11 is 0. The second-order valence-corrected chi connectivity index (χ2v) is 4.02. The molecule has 1 N–H and O–H groups in total. The summed E-state index contributed by atoms with van der Waals surface area (Å²) in [6.07, 6.45) is 0.836. The third-order valence-corrected chi connectivity index (χ3v) is 3.08. The number of hydrogen-bond acceptors (Lipinski definition) is 3. The van der Waals surface area contributed by atoms with E-state index in [1.807, 2.05) is 6.92 Å². The fourth-order valence-electron chi connectivity index (χ4n) is 2.01. The van der Waals surface area contributed by atoms with Gasteiger partial charge in [-0.2, -0.15) is 0 Å². The van der Waals surface area contributed by atoms with Gasteiger partial charge in [0.25, 0.3) is 0 Å². The molecule has 0 aromatic carbocycles. The fourth-order valence-corrected chi connectivity index (χ4v) is 2.01. The van der Waals surface area contributed by atoms with Crippen LogP contribution in [0.1, 0.15) is 20.3 Å². The molecule has 1 rings (SSSR count). The third-order valence-electron chi connectivity index (χ3n) is 3.08. The molecule has 1 aliphatic rings. The number of nitrogens with zero attached hydrogens (tertiary/aromatic N) is 1. The van der Waals surface area contributed by atoms with Gasteiger partial charge in [-0.3, -0.25) is 9.59 Å². The summed E-state index contributed by atoms with van der Waals surface area (Å²) < 4.78 is 0. The van der Waals surface area contributed by atoms with E-state index in [-0.39, 0.29) is 36.2 Å². The first-order valence-corrected chi connectivity index (χ1v) is 4.93. The van der Waals surface area contributed by atoms with Gasteiger partial charge in [-0.05, 0) is 27.3 Å². The number of carbonyl (C=O) groups is 2. The fraction of sp³-hybridized carbons (Fsp3) is 0.800. The first kappa shape index (κ1) is 14.4. The summed E-state index contributed by atoms with van der Waals surface area (Å²) in [6.45, 7) is 3.48. The zero-order valence-corrected chi connectivity index (χ0v) is 10.4. The third kappa shape index (κ3) is 2.69. The van der Waals surface area contributed by atoms with E-state index in [0.717, 1.165) is 6.42 Å². The second kappa shape index (κ2) is 5.47. The largest absolute Gasteiger partial charge is 0.342 e. The molecule has 0 spiro atoms. The molecule has 88 valence electrons. The lowest BCUT2D eigenvalue weighted by Gasteiger charge is -2.39. The highest BCUT2D eigenvalue weighted by atomic mass is 35.5. The zero-order valence-electron chi connectivity index (χ0n) is 9.61. The maximum Gasteiger partial charge on any atom is 0.234 e. The normalized spacial score (nSPS) is 31.1. The summed E-state index contributed by atoms with van der Waals surface area (Å²) in [5, 5.41) is 3.05. The molecule has 15 heavy (non-hydrogen) atoms.